The van der Waals surface area contributed by atoms with E-state index in [1.165, 1.54) is 0 Å². The van der Waals surface area contributed by atoms with E-state index in [2.05, 4.69) is 20.9 Å². The zero-order chi connectivity index (χ0) is 18.7. The van der Waals surface area contributed by atoms with Gasteiger partial charge in [-0.3, -0.25) is 4.90 Å². The Kier molecular flexibility index (Phi) is 5.09. The largest absolute Gasteiger partial charge is 0.433 e. The molecule has 0 amide bonds. The van der Waals surface area contributed by atoms with Gasteiger partial charge < -0.3 is 4.90 Å². The first-order valence-electron chi connectivity index (χ1n) is 8.24. The van der Waals surface area contributed by atoms with Gasteiger partial charge in [0.15, 0.2) is 0 Å². The number of halogens is 3. The van der Waals surface area contributed by atoms with Crippen molar-refractivity contribution in [2.45, 2.75) is 19.6 Å². The van der Waals surface area contributed by atoms with Crippen LogP contribution in [-0.2, 0) is 12.7 Å². The van der Waals surface area contributed by atoms with Gasteiger partial charge in [0, 0.05) is 38.4 Å². The van der Waals surface area contributed by atoms with Gasteiger partial charge in [-0.1, -0.05) is 12.1 Å². The maximum absolute atomic E-state index is 12.9. The normalized spacial score (nSPS) is 15.7. The van der Waals surface area contributed by atoms with E-state index in [9.17, 15) is 13.2 Å². The Morgan fingerprint density at radius 3 is 2.31 bits per heavy atom. The molecule has 0 radical (unpaired) electrons. The van der Waals surface area contributed by atoms with Crippen LogP contribution in [0.15, 0.2) is 30.3 Å². The van der Waals surface area contributed by atoms with Gasteiger partial charge in [0.25, 0.3) is 0 Å². The second-order valence-electron chi connectivity index (χ2n) is 6.26. The third-order valence-corrected chi connectivity index (χ3v) is 4.28. The Balaban J connectivity index is 1.63. The molecule has 1 aromatic carbocycles. The third kappa shape index (κ3) is 4.29. The lowest BCUT2D eigenvalue weighted by atomic mass is 10.1. The van der Waals surface area contributed by atoms with Crippen molar-refractivity contribution in [1.82, 2.24) is 14.9 Å². The van der Waals surface area contributed by atoms with Gasteiger partial charge in [-0.2, -0.15) is 18.4 Å². The molecule has 1 aromatic heterocycles. The maximum Gasteiger partial charge on any atom is 0.433 e. The number of rotatable bonds is 3. The minimum absolute atomic E-state index is 0.135. The monoisotopic (exact) mass is 361 g/mol. The Hall–Kier alpha value is -2.66. The Morgan fingerprint density at radius 2 is 1.73 bits per heavy atom. The molecule has 0 N–H and O–H groups in total. The molecule has 8 heteroatoms. The smallest absolute Gasteiger partial charge is 0.338 e. The summed E-state index contributed by atoms with van der Waals surface area (Å²) in [5.41, 5.74) is 1.13. The lowest BCUT2D eigenvalue weighted by molar-refractivity contribution is -0.141. The van der Waals surface area contributed by atoms with Gasteiger partial charge in [0.2, 0.25) is 5.95 Å². The number of piperazine rings is 1. The van der Waals surface area contributed by atoms with E-state index in [4.69, 9.17) is 5.26 Å². The molecule has 0 aliphatic carbocycles. The predicted molar refractivity (Wildman–Crippen MR) is 90.4 cm³/mol. The number of aromatic nitrogens is 2. The van der Waals surface area contributed by atoms with Crippen molar-refractivity contribution in [3.8, 4) is 6.07 Å². The van der Waals surface area contributed by atoms with Crippen molar-refractivity contribution in [1.29, 1.82) is 5.26 Å². The summed E-state index contributed by atoms with van der Waals surface area (Å²) in [5.74, 6) is 0.135. The first kappa shape index (κ1) is 18.1. The Bertz CT molecular complexity index is 803. The van der Waals surface area contributed by atoms with Crippen LogP contribution >= 0.6 is 0 Å². The molecule has 0 saturated carbocycles. The second-order valence-corrected chi connectivity index (χ2v) is 6.26. The number of benzene rings is 1. The lowest BCUT2D eigenvalue weighted by Gasteiger charge is -2.35. The number of nitriles is 1. The molecule has 3 rings (SSSR count). The van der Waals surface area contributed by atoms with Gasteiger partial charge >= 0.3 is 6.18 Å². The fourth-order valence-electron chi connectivity index (χ4n) is 2.89. The number of nitrogens with zero attached hydrogens (tertiary/aromatic N) is 5. The summed E-state index contributed by atoms with van der Waals surface area (Å²) in [6.07, 6.45) is -4.47. The van der Waals surface area contributed by atoms with Crippen LogP contribution in [0.4, 0.5) is 19.1 Å². The van der Waals surface area contributed by atoms with Crippen molar-refractivity contribution >= 4 is 5.95 Å². The van der Waals surface area contributed by atoms with Crippen molar-refractivity contribution in [3.63, 3.8) is 0 Å². The molecule has 26 heavy (non-hydrogen) atoms. The molecule has 0 atom stereocenters. The van der Waals surface area contributed by atoms with Crippen LogP contribution in [0.5, 0.6) is 0 Å². The second kappa shape index (κ2) is 7.30. The highest BCUT2D eigenvalue weighted by Crippen LogP contribution is 2.29. The highest BCUT2D eigenvalue weighted by molar-refractivity contribution is 5.34. The summed E-state index contributed by atoms with van der Waals surface area (Å²) in [5, 5.41) is 8.83. The molecule has 0 bridgehead atoms. The van der Waals surface area contributed by atoms with E-state index < -0.39 is 11.9 Å². The van der Waals surface area contributed by atoms with Crippen LogP contribution in [0.2, 0.25) is 0 Å². The standard InChI is InChI=1S/C18H18F3N5/c1-13-10-16(18(19,20)21)24-17(23-13)26-8-6-25(7-9-26)12-15-4-2-14(11-22)3-5-15/h2-5,10H,6-9,12H2,1H3. The van der Waals surface area contributed by atoms with E-state index in [1.54, 1.807) is 24.0 Å². The topological polar surface area (TPSA) is 56.1 Å². The number of hydrogen-bond donors (Lipinski definition) is 0. The van der Waals surface area contributed by atoms with Crippen molar-refractivity contribution in [3.05, 3.63) is 52.8 Å². The zero-order valence-electron chi connectivity index (χ0n) is 14.3. The van der Waals surface area contributed by atoms with E-state index in [0.29, 0.717) is 37.4 Å². The number of anilines is 1. The van der Waals surface area contributed by atoms with E-state index in [1.807, 2.05) is 12.1 Å². The third-order valence-electron chi connectivity index (χ3n) is 4.28. The van der Waals surface area contributed by atoms with Crippen LogP contribution in [0.25, 0.3) is 0 Å². The molecular weight excluding hydrogens is 343 g/mol. The van der Waals surface area contributed by atoms with Gasteiger partial charge in [0.05, 0.1) is 11.6 Å². The predicted octanol–water partition coefficient (Wildman–Crippen LogP) is 3.00. The molecule has 1 aliphatic rings. The average Bonchev–Trinajstić information content (AvgIpc) is 2.62. The van der Waals surface area contributed by atoms with Gasteiger partial charge in [-0.15, -0.1) is 0 Å². The average molecular weight is 361 g/mol. The van der Waals surface area contributed by atoms with E-state index in [-0.39, 0.29) is 5.95 Å². The summed E-state index contributed by atoms with van der Waals surface area (Å²) in [6.45, 7) is 4.83. The number of hydrogen-bond acceptors (Lipinski definition) is 5. The van der Waals surface area contributed by atoms with Crippen molar-refractivity contribution in [2.24, 2.45) is 0 Å². The number of alkyl halides is 3. The summed E-state index contributed by atoms with van der Waals surface area (Å²) in [7, 11) is 0. The van der Waals surface area contributed by atoms with Crippen LogP contribution in [-0.4, -0.2) is 41.0 Å². The molecule has 2 aromatic rings. The number of aryl methyl sites for hydroxylation is 1. The summed E-state index contributed by atoms with van der Waals surface area (Å²) >= 11 is 0. The van der Waals surface area contributed by atoms with Crippen LogP contribution in [0.1, 0.15) is 22.5 Å². The first-order chi connectivity index (χ1) is 12.3. The molecule has 1 aliphatic heterocycles. The molecule has 0 unspecified atom stereocenters. The minimum atomic E-state index is -4.47. The van der Waals surface area contributed by atoms with Crippen molar-refractivity contribution in [2.75, 3.05) is 31.1 Å². The molecule has 5 nitrogen and oxygen atoms in total. The van der Waals surface area contributed by atoms with Gasteiger partial charge in [-0.25, -0.2) is 9.97 Å². The minimum Gasteiger partial charge on any atom is -0.338 e. The highest BCUT2D eigenvalue weighted by Gasteiger charge is 2.34. The van der Waals surface area contributed by atoms with Gasteiger partial charge in [0.1, 0.15) is 5.69 Å². The fraction of sp³-hybridized carbons (Fsp3) is 0.389. The summed E-state index contributed by atoms with van der Waals surface area (Å²) in [4.78, 5) is 11.9. The van der Waals surface area contributed by atoms with Crippen LogP contribution in [0, 0.1) is 18.3 Å². The molecular formula is C18H18F3N5. The van der Waals surface area contributed by atoms with Gasteiger partial charge in [-0.05, 0) is 30.7 Å². The summed E-state index contributed by atoms with van der Waals surface area (Å²) < 4.78 is 38.8. The molecule has 136 valence electrons. The van der Waals surface area contributed by atoms with Crippen LogP contribution < -0.4 is 4.90 Å². The maximum atomic E-state index is 12.9. The first-order valence-corrected chi connectivity index (χ1v) is 8.24. The van der Waals surface area contributed by atoms with Crippen molar-refractivity contribution < 1.29 is 13.2 Å². The summed E-state index contributed by atoms with van der Waals surface area (Å²) in [6, 6.07) is 10.5. The van der Waals surface area contributed by atoms with Crippen LogP contribution in [0.3, 0.4) is 0 Å². The highest BCUT2D eigenvalue weighted by atomic mass is 19.4. The van der Waals surface area contributed by atoms with E-state index >= 15 is 0 Å². The Morgan fingerprint density at radius 1 is 1.08 bits per heavy atom. The lowest BCUT2D eigenvalue weighted by Crippen LogP contribution is -2.46. The molecule has 1 saturated heterocycles. The molecule has 0 spiro atoms. The quantitative estimate of drug-likeness (QED) is 0.841. The zero-order valence-corrected chi connectivity index (χ0v) is 14.3. The molecule has 1 fully saturated rings. The Labute approximate surface area is 149 Å². The SMILES string of the molecule is Cc1cc(C(F)(F)F)nc(N2CCN(Cc3ccc(C#N)cc3)CC2)n1. The molecule has 2 heterocycles. The van der Waals surface area contributed by atoms with E-state index in [0.717, 1.165) is 18.2 Å². The fourth-order valence-corrected chi connectivity index (χ4v) is 2.89.